The number of likely N-dealkylation sites (tertiary alicyclic amines) is 1. The lowest BCUT2D eigenvalue weighted by Crippen LogP contribution is -2.52. The van der Waals surface area contributed by atoms with Crippen LogP contribution in [0.5, 0.6) is 11.5 Å². The summed E-state index contributed by atoms with van der Waals surface area (Å²) < 4.78 is 28.1. The van der Waals surface area contributed by atoms with Crippen molar-refractivity contribution in [2.45, 2.75) is 83.8 Å². The van der Waals surface area contributed by atoms with E-state index in [0.717, 1.165) is 75.5 Å². The van der Waals surface area contributed by atoms with Crippen molar-refractivity contribution >= 4 is 17.3 Å². The molecule has 2 amide bonds. The fourth-order valence-corrected chi connectivity index (χ4v) is 6.08. The second-order valence-corrected chi connectivity index (χ2v) is 12.0. The van der Waals surface area contributed by atoms with Crippen molar-refractivity contribution < 1.29 is 18.3 Å². The number of nitrogens with zero attached hydrogens (tertiary/aromatic N) is 2. The van der Waals surface area contributed by atoms with Crippen molar-refractivity contribution in [3.63, 3.8) is 0 Å². The summed E-state index contributed by atoms with van der Waals surface area (Å²) in [7, 11) is 0. The summed E-state index contributed by atoms with van der Waals surface area (Å²) in [6.45, 7) is 7.05. The number of benzene rings is 2. The molecule has 0 bridgehead atoms. The lowest BCUT2D eigenvalue weighted by atomic mass is 9.88. The van der Waals surface area contributed by atoms with E-state index < -0.39 is 11.3 Å². The van der Waals surface area contributed by atoms with Gasteiger partial charge in [0.2, 0.25) is 11.3 Å². The van der Waals surface area contributed by atoms with Gasteiger partial charge in [-0.3, -0.25) is 9.45 Å². The SMILES string of the molecule is CCCCNC(=O)N(CC1CCCCC1)C1CCN(Cc2ccc(Oc3ccc(CNS(=O)O)cc3)cc2)CC1. The summed E-state index contributed by atoms with van der Waals surface area (Å²) in [4.78, 5) is 17.8. The first kappa shape index (κ1) is 30.5. The van der Waals surface area contributed by atoms with Crippen LogP contribution in [0, 0.1) is 5.92 Å². The third kappa shape index (κ3) is 9.87. The van der Waals surface area contributed by atoms with E-state index in [4.69, 9.17) is 9.29 Å². The number of amides is 2. The van der Waals surface area contributed by atoms with Gasteiger partial charge in [-0.25, -0.2) is 13.7 Å². The summed E-state index contributed by atoms with van der Waals surface area (Å²) in [5.74, 6) is 2.15. The van der Waals surface area contributed by atoms with Crippen LogP contribution in [-0.4, -0.2) is 56.8 Å². The molecule has 1 saturated heterocycles. The lowest BCUT2D eigenvalue weighted by molar-refractivity contribution is 0.102. The van der Waals surface area contributed by atoms with Crippen LogP contribution >= 0.6 is 0 Å². The average molecular weight is 571 g/mol. The van der Waals surface area contributed by atoms with Crippen LogP contribution in [0.3, 0.4) is 0 Å². The Labute approximate surface area is 242 Å². The van der Waals surface area contributed by atoms with Gasteiger partial charge in [0.05, 0.1) is 0 Å². The molecule has 40 heavy (non-hydrogen) atoms. The largest absolute Gasteiger partial charge is 0.457 e. The zero-order valence-electron chi connectivity index (χ0n) is 23.9. The quantitative estimate of drug-likeness (QED) is 0.201. The maximum atomic E-state index is 13.2. The van der Waals surface area contributed by atoms with Crippen LogP contribution < -0.4 is 14.8 Å². The van der Waals surface area contributed by atoms with Crippen molar-refractivity contribution in [1.82, 2.24) is 19.8 Å². The number of nitrogens with one attached hydrogen (secondary N) is 2. The van der Waals surface area contributed by atoms with Gasteiger partial charge >= 0.3 is 6.03 Å². The molecule has 2 aliphatic rings. The third-order valence-corrected chi connectivity index (χ3v) is 8.52. The van der Waals surface area contributed by atoms with E-state index in [1.54, 1.807) is 0 Å². The van der Waals surface area contributed by atoms with E-state index in [-0.39, 0.29) is 6.03 Å². The number of hydrogen-bond donors (Lipinski definition) is 3. The molecule has 1 unspecified atom stereocenters. The number of piperidine rings is 1. The molecule has 0 spiro atoms. The van der Waals surface area contributed by atoms with E-state index in [0.29, 0.717) is 18.5 Å². The van der Waals surface area contributed by atoms with E-state index in [1.165, 1.54) is 37.7 Å². The minimum atomic E-state index is -2.02. The van der Waals surface area contributed by atoms with E-state index >= 15 is 0 Å². The Bertz CT molecular complexity index is 1050. The minimum Gasteiger partial charge on any atom is -0.457 e. The summed E-state index contributed by atoms with van der Waals surface area (Å²) in [5, 5.41) is 3.20. The molecule has 1 aliphatic heterocycles. The van der Waals surface area contributed by atoms with Gasteiger partial charge in [-0.05, 0) is 73.4 Å². The molecule has 1 heterocycles. The second-order valence-electron chi connectivity index (χ2n) is 11.2. The van der Waals surface area contributed by atoms with Gasteiger partial charge in [0.1, 0.15) is 11.5 Å². The van der Waals surface area contributed by atoms with Gasteiger partial charge in [0, 0.05) is 45.3 Å². The summed E-state index contributed by atoms with van der Waals surface area (Å²) in [5.41, 5.74) is 2.16. The molecule has 0 aromatic heterocycles. The molecule has 0 radical (unpaired) electrons. The highest BCUT2D eigenvalue weighted by Gasteiger charge is 2.30. The van der Waals surface area contributed by atoms with Crippen molar-refractivity contribution in [3.05, 3.63) is 59.7 Å². The van der Waals surface area contributed by atoms with E-state index in [9.17, 15) is 9.00 Å². The predicted molar refractivity (Wildman–Crippen MR) is 160 cm³/mol. The standard InChI is InChI=1S/C31H46N4O4S/c1-2-3-19-32-31(36)35(24-26-7-5-4-6-8-26)28-17-20-34(21-18-28)23-27-11-15-30(16-12-27)39-29-13-9-25(10-14-29)22-33-40(37)38/h9-16,26,28,33H,2-8,17-24H2,1H3,(H,32,36)(H,37,38). The molecule has 2 fully saturated rings. The highest BCUT2D eigenvalue weighted by Crippen LogP contribution is 2.28. The number of carbonyl (C=O) groups is 1. The molecule has 8 nitrogen and oxygen atoms in total. The second kappa shape index (κ2) is 16.1. The van der Waals surface area contributed by atoms with Gasteiger partial charge in [-0.15, -0.1) is 0 Å². The topological polar surface area (TPSA) is 94.1 Å². The average Bonchev–Trinajstić information content (AvgIpc) is 2.98. The monoisotopic (exact) mass is 570 g/mol. The van der Waals surface area contributed by atoms with E-state index in [2.05, 4.69) is 38.9 Å². The van der Waals surface area contributed by atoms with Gasteiger partial charge in [-0.2, -0.15) is 0 Å². The van der Waals surface area contributed by atoms with Crippen LogP contribution in [0.15, 0.2) is 48.5 Å². The Morgan fingerprint density at radius 1 is 0.975 bits per heavy atom. The van der Waals surface area contributed by atoms with Gasteiger partial charge in [0.15, 0.2) is 0 Å². The molecule has 1 saturated carbocycles. The molecular weight excluding hydrogens is 524 g/mol. The highest BCUT2D eigenvalue weighted by atomic mass is 32.2. The number of carbonyl (C=O) groups excluding carboxylic acids is 1. The van der Waals surface area contributed by atoms with Crippen LogP contribution in [0.1, 0.15) is 75.8 Å². The number of rotatable bonds is 13. The zero-order valence-corrected chi connectivity index (χ0v) is 24.7. The summed E-state index contributed by atoms with van der Waals surface area (Å²) in [6, 6.07) is 16.2. The van der Waals surface area contributed by atoms with Crippen molar-refractivity contribution in [2.75, 3.05) is 26.2 Å². The molecule has 1 atom stereocenters. The van der Waals surface area contributed by atoms with Crippen LogP contribution in [0.2, 0.25) is 0 Å². The molecule has 9 heteroatoms. The molecule has 2 aromatic rings. The lowest BCUT2D eigenvalue weighted by Gasteiger charge is -2.40. The summed E-state index contributed by atoms with van der Waals surface area (Å²) in [6.07, 6.45) is 10.6. The van der Waals surface area contributed by atoms with Crippen LogP contribution in [-0.2, 0) is 24.4 Å². The minimum absolute atomic E-state index is 0.140. The molecule has 4 rings (SSSR count). The first-order chi connectivity index (χ1) is 19.5. The van der Waals surface area contributed by atoms with Gasteiger partial charge < -0.3 is 15.0 Å². The molecule has 2 aromatic carbocycles. The Hall–Kier alpha value is -2.46. The Balaban J connectivity index is 1.25. The van der Waals surface area contributed by atoms with Crippen LogP contribution in [0.25, 0.3) is 0 Å². The normalized spacial score (nSPS) is 17.9. The van der Waals surface area contributed by atoms with Gasteiger partial charge in [0.25, 0.3) is 0 Å². The Morgan fingerprint density at radius 2 is 1.60 bits per heavy atom. The predicted octanol–water partition coefficient (Wildman–Crippen LogP) is 6.06. The van der Waals surface area contributed by atoms with Gasteiger partial charge in [-0.1, -0.05) is 56.9 Å². The smallest absolute Gasteiger partial charge is 0.317 e. The molecule has 220 valence electrons. The maximum absolute atomic E-state index is 13.2. The molecule has 3 N–H and O–H groups in total. The van der Waals surface area contributed by atoms with Crippen molar-refractivity contribution in [1.29, 1.82) is 0 Å². The van der Waals surface area contributed by atoms with Crippen molar-refractivity contribution in [3.8, 4) is 11.5 Å². The first-order valence-electron chi connectivity index (χ1n) is 15.0. The number of unbranched alkanes of at least 4 members (excludes halogenated alkanes) is 1. The number of urea groups is 1. The Kier molecular flexibility index (Phi) is 12.3. The fourth-order valence-electron chi connectivity index (χ4n) is 5.79. The third-order valence-electron chi connectivity index (χ3n) is 8.13. The first-order valence-corrected chi connectivity index (χ1v) is 16.1. The van der Waals surface area contributed by atoms with E-state index in [1.807, 2.05) is 36.4 Å². The molecule has 1 aliphatic carbocycles. The fraction of sp³-hybridized carbons (Fsp3) is 0.581. The number of hydrogen-bond acceptors (Lipinski definition) is 4. The summed E-state index contributed by atoms with van der Waals surface area (Å²) >= 11 is -2.02. The maximum Gasteiger partial charge on any atom is 0.317 e. The molecular formula is C31H46N4O4S. The van der Waals surface area contributed by atoms with Crippen LogP contribution in [0.4, 0.5) is 4.79 Å². The highest BCUT2D eigenvalue weighted by molar-refractivity contribution is 7.77. The Morgan fingerprint density at radius 3 is 2.20 bits per heavy atom. The number of ether oxygens (including phenoxy) is 1. The zero-order chi connectivity index (χ0) is 28.2. The van der Waals surface area contributed by atoms with Crippen molar-refractivity contribution in [2.24, 2.45) is 5.92 Å².